The maximum absolute atomic E-state index is 11.7. The number of halogens is 1. The van der Waals surface area contributed by atoms with E-state index in [-0.39, 0.29) is 23.3 Å². The number of aromatic nitrogens is 3. The van der Waals surface area contributed by atoms with E-state index in [1.807, 2.05) is 0 Å². The third-order valence-corrected chi connectivity index (χ3v) is 3.94. The van der Waals surface area contributed by atoms with Gasteiger partial charge in [-0.3, -0.25) is 19.8 Å². The van der Waals surface area contributed by atoms with Gasteiger partial charge in [-0.25, -0.2) is 4.98 Å². The molecule has 26 heavy (non-hydrogen) atoms. The second-order valence-electron chi connectivity index (χ2n) is 6.95. The molecule has 0 spiro atoms. The quantitative estimate of drug-likeness (QED) is 0.391. The van der Waals surface area contributed by atoms with Gasteiger partial charge in [0.2, 0.25) is 0 Å². The highest BCUT2D eigenvalue weighted by atomic mass is 35.5. The molecule has 0 unspecified atom stereocenters. The van der Waals surface area contributed by atoms with Gasteiger partial charge < -0.3 is 14.7 Å². The van der Waals surface area contributed by atoms with Crippen molar-refractivity contribution in [2.24, 2.45) is 0 Å². The molecule has 0 atom stereocenters. The Labute approximate surface area is 154 Å². The van der Waals surface area contributed by atoms with Crippen LogP contribution in [0.25, 0.3) is 21.8 Å². The number of aliphatic hydroxyl groups is 1. The van der Waals surface area contributed by atoms with E-state index in [0.29, 0.717) is 21.5 Å². The number of hydrogen-bond acceptors (Lipinski definition) is 5. The van der Waals surface area contributed by atoms with E-state index in [4.69, 9.17) is 16.7 Å². The molecule has 0 amide bonds. The summed E-state index contributed by atoms with van der Waals surface area (Å²) in [5.41, 5.74) is -0.254. The number of aryl methyl sites for hydroxylation is 1. The standard InChI is InChI=1S/C12H8ClN3O3.C5H14NO/c1-4-2-5(13)3-6-7(4)10(17)8-9(14-6)12(19)16-15-11(8)18;1-6(2,3)4-5-7/h2-3H,1H3,(H,14,17)(H,15,18)(H,16,19);7H,4-5H2,1-3H3/q;+1. The summed E-state index contributed by atoms with van der Waals surface area (Å²) in [5.74, 6) is -0.262. The first-order valence-electron chi connectivity index (χ1n) is 7.90. The molecule has 0 saturated carbocycles. The SMILES string of the molecule is C[N+](C)(C)CCO.Cc1cc(Cl)cc2nc3c(=O)[nH][nH]c(=O)c3c(O)c12. The highest BCUT2D eigenvalue weighted by Crippen LogP contribution is 2.32. The normalized spacial score (nSPS) is 11.5. The fraction of sp³-hybridized carbons (Fsp3) is 0.353. The number of nitrogens with zero attached hydrogens (tertiary/aromatic N) is 2. The van der Waals surface area contributed by atoms with Crippen LogP contribution in [0.5, 0.6) is 5.75 Å². The number of fused-ring (bicyclic) bond motifs is 2. The number of nitrogens with one attached hydrogen (secondary N) is 2. The zero-order valence-electron chi connectivity index (χ0n) is 15.1. The Bertz CT molecular complexity index is 1070. The van der Waals surface area contributed by atoms with Crippen LogP contribution < -0.4 is 11.1 Å². The Morgan fingerprint density at radius 2 is 1.73 bits per heavy atom. The molecular formula is C17H22ClN4O4+. The molecular weight excluding hydrogens is 360 g/mol. The molecule has 4 N–H and O–H groups in total. The Morgan fingerprint density at radius 1 is 1.12 bits per heavy atom. The van der Waals surface area contributed by atoms with Crippen molar-refractivity contribution in [3.63, 3.8) is 0 Å². The molecule has 0 aliphatic carbocycles. The molecule has 0 aliphatic heterocycles. The van der Waals surface area contributed by atoms with Gasteiger partial charge in [0, 0.05) is 10.4 Å². The first kappa shape index (κ1) is 19.9. The number of rotatable bonds is 2. The number of pyridine rings is 1. The molecule has 2 aromatic heterocycles. The zero-order valence-corrected chi connectivity index (χ0v) is 15.8. The lowest BCUT2D eigenvalue weighted by atomic mass is 10.1. The third kappa shape index (κ3) is 4.21. The summed E-state index contributed by atoms with van der Waals surface area (Å²) >= 11 is 5.92. The topological polar surface area (TPSA) is 119 Å². The number of likely N-dealkylation sites (N-methyl/N-ethyl adjacent to an activating group) is 1. The summed E-state index contributed by atoms with van der Waals surface area (Å²) in [5, 5.41) is 23.7. The molecule has 3 rings (SSSR count). The van der Waals surface area contributed by atoms with Crippen molar-refractivity contribution < 1.29 is 14.7 Å². The molecule has 0 radical (unpaired) electrons. The number of benzene rings is 1. The Morgan fingerprint density at radius 3 is 2.27 bits per heavy atom. The van der Waals surface area contributed by atoms with Crippen LogP contribution in [-0.4, -0.2) is 64.2 Å². The number of hydrogen-bond donors (Lipinski definition) is 4. The van der Waals surface area contributed by atoms with Gasteiger partial charge in [0.05, 0.1) is 33.3 Å². The van der Waals surface area contributed by atoms with Crippen LogP contribution in [0.15, 0.2) is 21.7 Å². The van der Waals surface area contributed by atoms with Crippen molar-refractivity contribution in [1.82, 2.24) is 15.2 Å². The van der Waals surface area contributed by atoms with E-state index < -0.39 is 11.1 Å². The second kappa shape index (κ2) is 7.45. The van der Waals surface area contributed by atoms with Crippen LogP contribution >= 0.6 is 11.6 Å². The lowest BCUT2D eigenvalue weighted by Gasteiger charge is -2.21. The van der Waals surface area contributed by atoms with Crippen LogP contribution in [0.3, 0.4) is 0 Å². The van der Waals surface area contributed by atoms with Crippen molar-refractivity contribution >= 4 is 33.4 Å². The average Bonchev–Trinajstić information content (AvgIpc) is 2.49. The van der Waals surface area contributed by atoms with Gasteiger partial charge in [0.15, 0.2) is 0 Å². The van der Waals surface area contributed by atoms with E-state index >= 15 is 0 Å². The van der Waals surface area contributed by atoms with E-state index in [9.17, 15) is 14.7 Å². The smallest absolute Gasteiger partial charge is 0.289 e. The molecule has 0 aliphatic rings. The van der Waals surface area contributed by atoms with E-state index in [1.54, 1.807) is 13.0 Å². The lowest BCUT2D eigenvalue weighted by molar-refractivity contribution is -0.870. The van der Waals surface area contributed by atoms with Gasteiger partial charge in [0.1, 0.15) is 23.2 Å². The molecule has 8 nitrogen and oxygen atoms in total. The summed E-state index contributed by atoms with van der Waals surface area (Å²) in [6.45, 7) is 2.85. The molecule has 2 heterocycles. The molecule has 0 fully saturated rings. The Hall–Kier alpha value is -2.42. The van der Waals surface area contributed by atoms with Crippen molar-refractivity contribution in [1.29, 1.82) is 0 Å². The van der Waals surface area contributed by atoms with Gasteiger partial charge >= 0.3 is 0 Å². The maximum Gasteiger partial charge on any atom is 0.289 e. The summed E-state index contributed by atoms with van der Waals surface area (Å²) in [6.07, 6.45) is 0. The Kier molecular flexibility index (Phi) is 5.70. The predicted molar refractivity (Wildman–Crippen MR) is 102 cm³/mol. The van der Waals surface area contributed by atoms with Crippen LogP contribution in [0.2, 0.25) is 5.02 Å². The van der Waals surface area contributed by atoms with Gasteiger partial charge in [-0.05, 0) is 24.6 Å². The van der Waals surface area contributed by atoms with Crippen molar-refractivity contribution in [3.8, 4) is 5.75 Å². The fourth-order valence-corrected chi connectivity index (χ4v) is 2.72. The fourth-order valence-electron chi connectivity index (χ4n) is 2.45. The summed E-state index contributed by atoms with van der Waals surface area (Å²) in [6, 6.07) is 3.18. The molecule has 140 valence electrons. The van der Waals surface area contributed by atoms with E-state index in [1.165, 1.54) is 6.07 Å². The summed E-state index contributed by atoms with van der Waals surface area (Å²) in [4.78, 5) is 27.5. The molecule has 0 bridgehead atoms. The minimum absolute atomic E-state index is 0.115. The van der Waals surface area contributed by atoms with E-state index in [0.717, 1.165) is 11.0 Å². The lowest BCUT2D eigenvalue weighted by Crippen LogP contribution is -2.36. The summed E-state index contributed by atoms with van der Waals surface area (Å²) in [7, 11) is 6.16. The first-order chi connectivity index (χ1) is 12.0. The number of aromatic amines is 2. The van der Waals surface area contributed by atoms with Gasteiger partial charge in [-0.2, -0.15) is 0 Å². The number of aromatic hydroxyl groups is 1. The van der Waals surface area contributed by atoms with Crippen molar-refractivity contribution in [2.45, 2.75) is 6.92 Å². The predicted octanol–water partition coefficient (Wildman–Crippen LogP) is 1.12. The molecule has 0 saturated heterocycles. The average molecular weight is 382 g/mol. The van der Waals surface area contributed by atoms with Gasteiger partial charge in [-0.15, -0.1) is 0 Å². The molecule has 9 heteroatoms. The first-order valence-corrected chi connectivity index (χ1v) is 8.27. The third-order valence-electron chi connectivity index (χ3n) is 3.72. The monoisotopic (exact) mass is 381 g/mol. The van der Waals surface area contributed by atoms with Gasteiger partial charge in [0.25, 0.3) is 11.1 Å². The molecule has 1 aromatic carbocycles. The maximum atomic E-state index is 11.7. The van der Waals surface area contributed by atoms with Crippen LogP contribution in [0, 0.1) is 6.92 Å². The number of quaternary nitrogens is 1. The highest BCUT2D eigenvalue weighted by molar-refractivity contribution is 6.31. The van der Waals surface area contributed by atoms with Crippen LogP contribution in [0.4, 0.5) is 0 Å². The van der Waals surface area contributed by atoms with Crippen LogP contribution in [-0.2, 0) is 0 Å². The van der Waals surface area contributed by atoms with Crippen molar-refractivity contribution in [3.05, 3.63) is 43.4 Å². The number of aliphatic hydroxyl groups excluding tert-OH is 1. The van der Waals surface area contributed by atoms with Crippen molar-refractivity contribution in [2.75, 3.05) is 34.3 Å². The largest absolute Gasteiger partial charge is 0.506 e. The minimum atomic E-state index is -0.601. The van der Waals surface area contributed by atoms with Crippen LogP contribution in [0.1, 0.15) is 5.56 Å². The van der Waals surface area contributed by atoms with Gasteiger partial charge in [-0.1, -0.05) is 11.6 Å². The minimum Gasteiger partial charge on any atom is -0.506 e. The second-order valence-corrected chi connectivity index (χ2v) is 7.38. The van der Waals surface area contributed by atoms with E-state index in [2.05, 4.69) is 36.3 Å². The zero-order chi connectivity index (χ0) is 19.6. The Balaban J connectivity index is 0.000000298. The number of H-pyrrole nitrogens is 2. The highest BCUT2D eigenvalue weighted by Gasteiger charge is 2.15. The molecule has 3 aromatic rings. The summed E-state index contributed by atoms with van der Waals surface area (Å²) < 4.78 is 0.844.